The number of carbonyl (C=O) groups is 2. The van der Waals surface area contributed by atoms with E-state index in [2.05, 4.69) is 10.6 Å². The van der Waals surface area contributed by atoms with E-state index in [4.69, 9.17) is 28.9 Å². The van der Waals surface area contributed by atoms with Crippen LogP contribution in [0, 0.1) is 0 Å². The Morgan fingerprint density at radius 3 is 2.67 bits per heavy atom. The average molecular weight is 402 g/mol. The Balaban J connectivity index is 1.80. The number of thiophene rings is 1. The van der Waals surface area contributed by atoms with Crippen molar-refractivity contribution in [1.82, 2.24) is 0 Å². The minimum atomic E-state index is -0.524. The molecule has 4 N–H and O–H groups in total. The van der Waals surface area contributed by atoms with Gasteiger partial charge in [0.1, 0.15) is 5.00 Å². The SMILES string of the molecule is NC(=O)c1c(NC(=O)Nc2ccc(Cl)c(Cl)c2)sc2c1CCSC2. The van der Waals surface area contributed by atoms with Gasteiger partial charge in [0.25, 0.3) is 5.91 Å². The molecular formula is C15H13Cl2N3O2S2. The van der Waals surface area contributed by atoms with Gasteiger partial charge in [-0.3, -0.25) is 10.1 Å². The van der Waals surface area contributed by atoms with E-state index >= 15 is 0 Å². The molecule has 0 fully saturated rings. The standard InChI is InChI=1S/C15H13Cl2N3O2S2/c16-9-2-1-7(5-10(9)17)19-15(22)20-14-12(13(18)21)8-3-4-23-6-11(8)24-14/h1-2,5H,3-4,6H2,(H2,18,21)(H2,19,20,22). The van der Waals surface area contributed by atoms with Gasteiger partial charge in [0, 0.05) is 16.3 Å². The summed E-state index contributed by atoms with van der Waals surface area (Å²) in [6.45, 7) is 0. The molecule has 1 aliphatic heterocycles. The molecule has 0 atom stereocenters. The second-order valence-electron chi connectivity index (χ2n) is 5.08. The van der Waals surface area contributed by atoms with Crippen molar-refractivity contribution in [3.05, 3.63) is 44.2 Å². The minimum Gasteiger partial charge on any atom is -0.365 e. The Morgan fingerprint density at radius 1 is 1.17 bits per heavy atom. The first kappa shape index (κ1) is 17.4. The summed E-state index contributed by atoms with van der Waals surface area (Å²) < 4.78 is 0. The highest BCUT2D eigenvalue weighted by Crippen LogP contribution is 2.39. The van der Waals surface area contributed by atoms with Crippen LogP contribution in [0.4, 0.5) is 15.5 Å². The number of anilines is 2. The quantitative estimate of drug-likeness (QED) is 0.702. The topological polar surface area (TPSA) is 84.2 Å². The van der Waals surface area contributed by atoms with Crippen molar-refractivity contribution >= 4 is 68.9 Å². The van der Waals surface area contributed by atoms with E-state index in [0.717, 1.165) is 28.4 Å². The van der Waals surface area contributed by atoms with Gasteiger partial charge in [-0.2, -0.15) is 11.8 Å². The van der Waals surface area contributed by atoms with Gasteiger partial charge in [-0.15, -0.1) is 11.3 Å². The maximum Gasteiger partial charge on any atom is 0.324 e. The molecule has 3 amide bonds. The second kappa shape index (κ2) is 7.23. The summed E-state index contributed by atoms with van der Waals surface area (Å²) in [5.41, 5.74) is 7.38. The fourth-order valence-corrected chi connectivity index (χ4v) is 5.10. The largest absolute Gasteiger partial charge is 0.365 e. The van der Waals surface area contributed by atoms with Crippen LogP contribution in [0.15, 0.2) is 18.2 Å². The van der Waals surface area contributed by atoms with Crippen LogP contribution in [0.3, 0.4) is 0 Å². The van der Waals surface area contributed by atoms with Crippen LogP contribution in [-0.2, 0) is 12.2 Å². The maximum atomic E-state index is 12.2. The van der Waals surface area contributed by atoms with Crippen LogP contribution in [0.25, 0.3) is 0 Å². The van der Waals surface area contributed by atoms with Gasteiger partial charge in [-0.1, -0.05) is 23.2 Å². The summed E-state index contributed by atoms with van der Waals surface area (Å²) in [5.74, 6) is 1.25. The number of urea groups is 1. The van der Waals surface area contributed by atoms with Crippen molar-refractivity contribution in [2.45, 2.75) is 12.2 Å². The predicted molar refractivity (Wildman–Crippen MR) is 102 cm³/mol. The fourth-order valence-electron chi connectivity index (χ4n) is 2.42. The van der Waals surface area contributed by atoms with Gasteiger partial charge in [0.2, 0.25) is 0 Å². The highest BCUT2D eigenvalue weighted by Gasteiger charge is 2.25. The Bertz CT molecular complexity index is 823. The molecule has 1 aromatic heterocycles. The zero-order valence-corrected chi connectivity index (χ0v) is 15.5. The van der Waals surface area contributed by atoms with Crippen molar-refractivity contribution in [2.24, 2.45) is 5.73 Å². The molecule has 0 radical (unpaired) electrons. The van der Waals surface area contributed by atoms with Crippen molar-refractivity contribution in [1.29, 1.82) is 0 Å². The van der Waals surface area contributed by atoms with Gasteiger partial charge in [0.15, 0.2) is 0 Å². The van der Waals surface area contributed by atoms with Gasteiger partial charge < -0.3 is 11.1 Å². The minimum absolute atomic E-state index is 0.343. The number of hydrogen-bond donors (Lipinski definition) is 3. The summed E-state index contributed by atoms with van der Waals surface area (Å²) >= 11 is 15.0. The van der Waals surface area contributed by atoms with Gasteiger partial charge in [-0.25, -0.2) is 4.79 Å². The fraction of sp³-hybridized carbons (Fsp3) is 0.200. The molecule has 1 aromatic carbocycles. The molecular weight excluding hydrogens is 389 g/mol. The lowest BCUT2D eigenvalue weighted by Crippen LogP contribution is -2.22. The van der Waals surface area contributed by atoms with E-state index in [1.54, 1.807) is 30.0 Å². The van der Waals surface area contributed by atoms with Crippen LogP contribution in [-0.4, -0.2) is 17.7 Å². The molecule has 3 rings (SSSR count). The van der Waals surface area contributed by atoms with Crippen LogP contribution in [0.1, 0.15) is 20.8 Å². The Morgan fingerprint density at radius 2 is 1.96 bits per heavy atom. The number of carbonyl (C=O) groups excluding carboxylic acids is 2. The summed E-state index contributed by atoms with van der Waals surface area (Å²) in [5, 5.41) is 6.60. The first-order chi connectivity index (χ1) is 11.5. The molecule has 24 heavy (non-hydrogen) atoms. The van der Waals surface area contributed by atoms with Crippen molar-refractivity contribution in [2.75, 3.05) is 16.4 Å². The molecule has 1 aliphatic rings. The Kier molecular flexibility index (Phi) is 5.24. The average Bonchev–Trinajstić information content (AvgIpc) is 2.88. The highest BCUT2D eigenvalue weighted by molar-refractivity contribution is 7.98. The molecule has 2 aromatic rings. The molecule has 0 spiro atoms. The van der Waals surface area contributed by atoms with Crippen molar-refractivity contribution in [3.63, 3.8) is 0 Å². The summed E-state index contributed by atoms with van der Waals surface area (Å²) in [6, 6.07) is 4.31. The molecule has 126 valence electrons. The smallest absolute Gasteiger partial charge is 0.324 e. The number of rotatable bonds is 3. The zero-order valence-electron chi connectivity index (χ0n) is 12.3. The first-order valence-corrected chi connectivity index (χ1v) is 9.73. The lowest BCUT2D eigenvalue weighted by Gasteiger charge is -2.11. The number of benzene rings is 1. The van der Waals surface area contributed by atoms with Crippen LogP contribution < -0.4 is 16.4 Å². The van der Waals surface area contributed by atoms with Gasteiger partial charge >= 0.3 is 6.03 Å². The van der Waals surface area contributed by atoms with E-state index in [9.17, 15) is 9.59 Å². The lowest BCUT2D eigenvalue weighted by molar-refractivity contribution is 0.100. The molecule has 5 nitrogen and oxygen atoms in total. The second-order valence-corrected chi connectivity index (χ2v) is 8.11. The zero-order chi connectivity index (χ0) is 17.3. The van der Waals surface area contributed by atoms with E-state index in [-0.39, 0.29) is 0 Å². The summed E-state index contributed by atoms with van der Waals surface area (Å²) in [7, 11) is 0. The third kappa shape index (κ3) is 3.64. The maximum absolute atomic E-state index is 12.2. The number of amides is 3. The number of hydrogen-bond acceptors (Lipinski definition) is 4. The Hall–Kier alpha value is -1.41. The van der Waals surface area contributed by atoms with Gasteiger partial charge in [0.05, 0.1) is 15.6 Å². The number of halogens is 2. The first-order valence-electron chi connectivity index (χ1n) is 7.01. The molecule has 2 heterocycles. The Labute approximate surface area is 156 Å². The molecule has 0 saturated carbocycles. The van der Waals surface area contributed by atoms with E-state index in [1.165, 1.54) is 11.3 Å². The van der Waals surface area contributed by atoms with Crippen molar-refractivity contribution in [3.8, 4) is 0 Å². The molecule has 0 bridgehead atoms. The van der Waals surface area contributed by atoms with E-state index < -0.39 is 11.9 Å². The monoisotopic (exact) mass is 401 g/mol. The number of nitrogens with one attached hydrogen (secondary N) is 2. The third-order valence-corrected chi connectivity index (χ3v) is 6.53. The number of thioether (sulfide) groups is 1. The van der Waals surface area contributed by atoms with Crippen LogP contribution >= 0.6 is 46.3 Å². The number of primary amides is 1. The highest BCUT2D eigenvalue weighted by atomic mass is 35.5. The molecule has 0 unspecified atom stereocenters. The van der Waals surface area contributed by atoms with Crippen molar-refractivity contribution < 1.29 is 9.59 Å². The molecule has 9 heteroatoms. The van der Waals surface area contributed by atoms with E-state index in [0.29, 0.717) is 26.3 Å². The lowest BCUT2D eigenvalue weighted by atomic mass is 10.1. The summed E-state index contributed by atoms with van der Waals surface area (Å²) in [4.78, 5) is 25.1. The molecule has 0 aliphatic carbocycles. The third-order valence-electron chi connectivity index (χ3n) is 3.47. The summed E-state index contributed by atoms with van der Waals surface area (Å²) in [6.07, 6.45) is 0.783. The van der Waals surface area contributed by atoms with Crippen LogP contribution in [0.5, 0.6) is 0 Å². The number of fused-ring (bicyclic) bond motifs is 1. The predicted octanol–water partition coefficient (Wildman–Crippen LogP) is 4.59. The number of nitrogens with two attached hydrogens (primary N) is 1. The van der Waals surface area contributed by atoms with E-state index in [1.807, 2.05) is 0 Å². The normalized spacial score (nSPS) is 13.2. The van der Waals surface area contributed by atoms with Gasteiger partial charge in [-0.05, 0) is 35.9 Å². The van der Waals surface area contributed by atoms with Crippen LogP contribution in [0.2, 0.25) is 10.0 Å². The molecule has 0 saturated heterocycles.